The minimum absolute atomic E-state index is 0.00125. The second-order valence-electron chi connectivity index (χ2n) is 5.12. The van der Waals surface area contributed by atoms with E-state index in [1.165, 1.54) is 24.3 Å². The number of alkyl halides is 2. The van der Waals surface area contributed by atoms with Gasteiger partial charge in [-0.2, -0.15) is 14.0 Å². The molecule has 0 heterocycles. The van der Waals surface area contributed by atoms with Crippen LogP contribution in [-0.2, 0) is 4.79 Å². The average Bonchev–Trinajstić information content (AvgIpc) is 2.30. The third-order valence-corrected chi connectivity index (χ3v) is 2.57. The standard InChI is InChI=1S/C14H15F2NO2/c1-14(2,3)12(18)11(8-17)9-4-6-10(7-5-9)19-13(15)16/h4-7,11,13H,1-3H3. The van der Waals surface area contributed by atoms with E-state index in [-0.39, 0.29) is 11.5 Å². The average molecular weight is 267 g/mol. The van der Waals surface area contributed by atoms with Crippen LogP contribution in [0.25, 0.3) is 0 Å². The van der Waals surface area contributed by atoms with Crippen molar-refractivity contribution in [2.45, 2.75) is 33.3 Å². The van der Waals surface area contributed by atoms with Crippen LogP contribution in [0.15, 0.2) is 24.3 Å². The zero-order chi connectivity index (χ0) is 14.6. The van der Waals surface area contributed by atoms with Gasteiger partial charge in [-0.1, -0.05) is 32.9 Å². The lowest BCUT2D eigenvalue weighted by molar-refractivity contribution is -0.126. The Morgan fingerprint density at radius 3 is 2.16 bits per heavy atom. The van der Waals surface area contributed by atoms with Crippen LogP contribution in [0.5, 0.6) is 5.75 Å². The van der Waals surface area contributed by atoms with E-state index in [1.54, 1.807) is 20.8 Å². The maximum Gasteiger partial charge on any atom is 0.387 e. The van der Waals surface area contributed by atoms with Crippen molar-refractivity contribution in [3.05, 3.63) is 29.8 Å². The lowest BCUT2D eigenvalue weighted by atomic mass is 9.80. The van der Waals surface area contributed by atoms with Crippen LogP contribution in [0.3, 0.4) is 0 Å². The molecule has 19 heavy (non-hydrogen) atoms. The summed E-state index contributed by atoms with van der Waals surface area (Å²) in [5.74, 6) is -1.11. The first kappa shape index (κ1) is 15.1. The Balaban J connectivity index is 2.96. The van der Waals surface area contributed by atoms with E-state index in [1.807, 2.05) is 6.07 Å². The van der Waals surface area contributed by atoms with Crippen molar-refractivity contribution in [2.75, 3.05) is 0 Å². The first-order chi connectivity index (χ1) is 8.75. The van der Waals surface area contributed by atoms with E-state index in [2.05, 4.69) is 4.74 Å². The van der Waals surface area contributed by atoms with Crippen molar-refractivity contribution in [1.82, 2.24) is 0 Å². The fourth-order valence-corrected chi connectivity index (χ4v) is 1.56. The molecule has 0 amide bonds. The number of ether oxygens (including phenoxy) is 1. The van der Waals surface area contributed by atoms with Gasteiger partial charge in [0.05, 0.1) is 6.07 Å². The largest absolute Gasteiger partial charge is 0.435 e. The molecule has 1 aromatic carbocycles. The minimum Gasteiger partial charge on any atom is -0.435 e. The molecule has 1 unspecified atom stereocenters. The van der Waals surface area contributed by atoms with Crippen molar-refractivity contribution in [1.29, 1.82) is 5.26 Å². The number of Topliss-reactive ketones (excluding diaryl/α,β-unsaturated/α-hetero) is 1. The van der Waals surface area contributed by atoms with Gasteiger partial charge in [0.1, 0.15) is 11.7 Å². The number of carbonyl (C=O) groups is 1. The van der Waals surface area contributed by atoms with Gasteiger partial charge in [-0.3, -0.25) is 4.79 Å². The third kappa shape index (κ3) is 4.02. The van der Waals surface area contributed by atoms with Crippen molar-refractivity contribution < 1.29 is 18.3 Å². The van der Waals surface area contributed by atoms with E-state index in [4.69, 9.17) is 5.26 Å². The van der Waals surface area contributed by atoms with E-state index >= 15 is 0 Å². The molecule has 1 atom stereocenters. The summed E-state index contributed by atoms with van der Waals surface area (Å²) in [6.45, 7) is 2.30. The molecule has 3 nitrogen and oxygen atoms in total. The number of halogens is 2. The molecule has 0 aromatic heterocycles. The molecule has 0 aliphatic heterocycles. The van der Waals surface area contributed by atoms with Gasteiger partial charge in [-0.25, -0.2) is 0 Å². The van der Waals surface area contributed by atoms with Crippen LogP contribution in [0.4, 0.5) is 8.78 Å². The summed E-state index contributed by atoms with van der Waals surface area (Å²) in [5.41, 5.74) is -0.164. The predicted octanol–water partition coefficient (Wildman–Crippen LogP) is 3.51. The number of ketones is 1. The number of nitriles is 1. The maximum absolute atomic E-state index is 12.1. The number of rotatable bonds is 4. The SMILES string of the molecule is CC(C)(C)C(=O)C(C#N)c1ccc(OC(F)F)cc1. The fourth-order valence-electron chi connectivity index (χ4n) is 1.56. The van der Waals surface area contributed by atoms with E-state index in [0.29, 0.717) is 5.56 Å². The number of benzene rings is 1. The van der Waals surface area contributed by atoms with Gasteiger partial charge >= 0.3 is 6.61 Å². The van der Waals surface area contributed by atoms with Gasteiger partial charge in [-0.05, 0) is 17.7 Å². The summed E-state index contributed by atoms with van der Waals surface area (Å²) >= 11 is 0. The summed E-state index contributed by atoms with van der Waals surface area (Å²) in [5, 5.41) is 9.11. The summed E-state index contributed by atoms with van der Waals surface area (Å²) in [7, 11) is 0. The number of nitrogens with zero attached hydrogens (tertiary/aromatic N) is 1. The maximum atomic E-state index is 12.1. The highest BCUT2D eigenvalue weighted by atomic mass is 19.3. The lowest BCUT2D eigenvalue weighted by Crippen LogP contribution is -2.26. The Labute approximate surface area is 110 Å². The van der Waals surface area contributed by atoms with E-state index in [0.717, 1.165) is 0 Å². The summed E-state index contributed by atoms with van der Waals surface area (Å²) in [4.78, 5) is 12.1. The molecular formula is C14H15F2NO2. The summed E-state index contributed by atoms with van der Waals surface area (Å²) in [6.07, 6.45) is 0. The molecule has 0 N–H and O–H groups in total. The second-order valence-corrected chi connectivity index (χ2v) is 5.12. The lowest BCUT2D eigenvalue weighted by Gasteiger charge is -2.20. The fraction of sp³-hybridized carbons (Fsp3) is 0.429. The van der Waals surface area contributed by atoms with Crippen LogP contribution in [0.1, 0.15) is 32.3 Å². The molecule has 0 bridgehead atoms. The van der Waals surface area contributed by atoms with Gasteiger partial charge in [0.25, 0.3) is 0 Å². The zero-order valence-corrected chi connectivity index (χ0v) is 11.0. The Kier molecular flexibility index (Phi) is 4.60. The Morgan fingerprint density at radius 1 is 1.26 bits per heavy atom. The van der Waals surface area contributed by atoms with Crippen molar-refractivity contribution in [3.8, 4) is 11.8 Å². The Hall–Kier alpha value is -1.96. The van der Waals surface area contributed by atoms with Crippen LogP contribution >= 0.6 is 0 Å². The molecule has 0 spiro atoms. The van der Waals surface area contributed by atoms with Crippen LogP contribution in [0, 0.1) is 16.7 Å². The highest BCUT2D eigenvalue weighted by Gasteiger charge is 2.30. The highest BCUT2D eigenvalue weighted by molar-refractivity contribution is 5.92. The smallest absolute Gasteiger partial charge is 0.387 e. The highest BCUT2D eigenvalue weighted by Crippen LogP contribution is 2.28. The monoisotopic (exact) mass is 267 g/mol. The van der Waals surface area contributed by atoms with Crippen LogP contribution < -0.4 is 4.74 Å². The Morgan fingerprint density at radius 2 is 1.79 bits per heavy atom. The molecule has 102 valence electrons. The van der Waals surface area contributed by atoms with E-state index < -0.39 is 17.9 Å². The number of hydrogen-bond acceptors (Lipinski definition) is 3. The summed E-state index contributed by atoms with van der Waals surface area (Å²) < 4.78 is 28.2. The van der Waals surface area contributed by atoms with Crippen LogP contribution in [0.2, 0.25) is 0 Å². The van der Waals surface area contributed by atoms with Gasteiger partial charge in [0, 0.05) is 5.41 Å². The molecule has 0 fully saturated rings. The first-order valence-corrected chi connectivity index (χ1v) is 5.74. The zero-order valence-electron chi connectivity index (χ0n) is 11.0. The molecule has 1 rings (SSSR count). The second kappa shape index (κ2) is 5.79. The van der Waals surface area contributed by atoms with Crippen molar-refractivity contribution >= 4 is 5.78 Å². The minimum atomic E-state index is -2.89. The van der Waals surface area contributed by atoms with Gasteiger partial charge in [0.15, 0.2) is 5.78 Å². The first-order valence-electron chi connectivity index (χ1n) is 5.74. The quantitative estimate of drug-likeness (QED) is 0.838. The molecule has 1 aromatic rings. The van der Waals surface area contributed by atoms with Gasteiger partial charge in [0.2, 0.25) is 0 Å². The number of carbonyl (C=O) groups excluding carboxylic acids is 1. The normalized spacial score (nSPS) is 12.9. The topological polar surface area (TPSA) is 50.1 Å². The molecule has 0 aliphatic carbocycles. The van der Waals surface area contributed by atoms with Crippen LogP contribution in [-0.4, -0.2) is 12.4 Å². The molecular weight excluding hydrogens is 252 g/mol. The third-order valence-electron chi connectivity index (χ3n) is 2.57. The Bertz CT molecular complexity index is 484. The van der Waals surface area contributed by atoms with E-state index in [9.17, 15) is 13.6 Å². The molecule has 0 saturated heterocycles. The van der Waals surface area contributed by atoms with Crippen molar-refractivity contribution in [3.63, 3.8) is 0 Å². The molecule has 0 radical (unpaired) electrons. The molecule has 5 heteroatoms. The van der Waals surface area contributed by atoms with Gasteiger partial charge in [-0.15, -0.1) is 0 Å². The molecule has 0 aliphatic rings. The predicted molar refractivity (Wildman–Crippen MR) is 65.9 cm³/mol. The van der Waals surface area contributed by atoms with Gasteiger partial charge < -0.3 is 4.74 Å². The molecule has 0 saturated carbocycles. The van der Waals surface area contributed by atoms with Crippen molar-refractivity contribution in [2.24, 2.45) is 5.41 Å². The number of hydrogen-bond donors (Lipinski definition) is 0. The summed E-state index contributed by atoms with van der Waals surface area (Å²) in [6, 6.07) is 7.50.